The van der Waals surface area contributed by atoms with E-state index in [-0.39, 0.29) is 17.6 Å². The molecule has 0 bridgehead atoms. The van der Waals surface area contributed by atoms with Crippen molar-refractivity contribution in [3.63, 3.8) is 0 Å². The Kier molecular flexibility index (Phi) is 6.66. The Morgan fingerprint density at radius 2 is 1.86 bits per heavy atom. The van der Waals surface area contributed by atoms with Gasteiger partial charge in [-0.3, -0.25) is 9.59 Å². The SMILES string of the molecule is CCCN(CCC)C(=O)c1oc2ccccc2c1NC(=O)/C=C/c1cccs1. The molecule has 6 heteroatoms. The molecule has 0 spiro atoms. The lowest BCUT2D eigenvalue weighted by atomic mass is 10.2. The zero-order valence-corrected chi connectivity index (χ0v) is 16.9. The third kappa shape index (κ3) is 4.51. The van der Waals surface area contributed by atoms with E-state index >= 15 is 0 Å². The molecule has 0 fully saturated rings. The number of carbonyl (C=O) groups excluding carboxylic acids is 2. The number of nitrogens with one attached hydrogen (secondary N) is 1. The molecule has 0 aliphatic carbocycles. The van der Waals surface area contributed by atoms with Gasteiger partial charge in [0.25, 0.3) is 5.91 Å². The Morgan fingerprint density at radius 3 is 2.54 bits per heavy atom. The normalized spacial score (nSPS) is 11.2. The summed E-state index contributed by atoms with van der Waals surface area (Å²) in [6, 6.07) is 11.2. The summed E-state index contributed by atoms with van der Waals surface area (Å²) in [5, 5.41) is 5.53. The van der Waals surface area contributed by atoms with Crippen molar-refractivity contribution >= 4 is 45.9 Å². The van der Waals surface area contributed by atoms with Crippen LogP contribution in [-0.4, -0.2) is 29.8 Å². The van der Waals surface area contributed by atoms with Gasteiger partial charge < -0.3 is 14.6 Å². The first-order chi connectivity index (χ1) is 13.6. The van der Waals surface area contributed by atoms with E-state index in [2.05, 4.69) is 5.32 Å². The van der Waals surface area contributed by atoms with Crippen LogP contribution in [0.2, 0.25) is 0 Å². The zero-order chi connectivity index (χ0) is 19.9. The first-order valence-corrected chi connectivity index (χ1v) is 10.3. The molecule has 28 heavy (non-hydrogen) atoms. The molecule has 0 saturated heterocycles. The molecule has 0 aliphatic rings. The molecule has 1 aromatic carbocycles. The van der Waals surface area contributed by atoms with E-state index in [1.54, 1.807) is 28.4 Å². The second kappa shape index (κ2) is 9.37. The Hall–Kier alpha value is -2.86. The largest absolute Gasteiger partial charge is 0.449 e. The molecule has 2 heterocycles. The summed E-state index contributed by atoms with van der Waals surface area (Å²) in [6.45, 7) is 5.37. The maximum absolute atomic E-state index is 13.1. The number of anilines is 1. The van der Waals surface area contributed by atoms with Gasteiger partial charge in [0.1, 0.15) is 11.3 Å². The topological polar surface area (TPSA) is 62.6 Å². The Labute approximate surface area is 168 Å². The molecule has 2 amide bonds. The molecular formula is C22H24N2O3S. The number of furan rings is 1. The van der Waals surface area contributed by atoms with Gasteiger partial charge in [0.15, 0.2) is 0 Å². The van der Waals surface area contributed by atoms with Gasteiger partial charge in [0.2, 0.25) is 11.7 Å². The van der Waals surface area contributed by atoms with Gasteiger partial charge in [0, 0.05) is 29.4 Å². The molecule has 3 aromatic rings. The summed E-state index contributed by atoms with van der Waals surface area (Å²) in [4.78, 5) is 28.4. The second-order valence-electron chi connectivity index (χ2n) is 6.43. The van der Waals surface area contributed by atoms with Crippen molar-refractivity contribution in [1.82, 2.24) is 4.90 Å². The number of thiophene rings is 1. The minimum absolute atomic E-state index is 0.181. The number of amides is 2. The van der Waals surface area contributed by atoms with Gasteiger partial charge in [-0.05, 0) is 42.5 Å². The van der Waals surface area contributed by atoms with Crippen molar-refractivity contribution in [2.24, 2.45) is 0 Å². The van der Waals surface area contributed by atoms with E-state index < -0.39 is 0 Å². The van der Waals surface area contributed by atoms with Crippen molar-refractivity contribution < 1.29 is 14.0 Å². The van der Waals surface area contributed by atoms with Crippen molar-refractivity contribution in [2.75, 3.05) is 18.4 Å². The van der Waals surface area contributed by atoms with E-state index in [1.165, 1.54) is 6.08 Å². The third-order valence-corrected chi connectivity index (χ3v) is 5.09. The van der Waals surface area contributed by atoms with E-state index in [4.69, 9.17) is 4.42 Å². The minimum Gasteiger partial charge on any atom is -0.449 e. The summed E-state index contributed by atoms with van der Waals surface area (Å²) in [5.74, 6) is -0.315. The van der Waals surface area contributed by atoms with Crippen LogP contribution in [0.3, 0.4) is 0 Å². The monoisotopic (exact) mass is 396 g/mol. The van der Waals surface area contributed by atoms with Gasteiger partial charge >= 0.3 is 0 Å². The fourth-order valence-corrected chi connectivity index (χ4v) is 3.65. The molecule has 0 radical (unpaired) electrons. The van der Waals surface area contributed by atoms with Crippen LogP contribution in [0.25, 0.3) is 17.0 Å². The van der Waals surface area contributed by atoms with Crippen LogP contribution in [-0.2, 0) is 4.79 Å². The van der Waals surface area contributed by atoms with Gasteiger partial charge in [-0.1, -0.05) is 32.0 Å². The number of carbonyl (C=O) groups is 2. The molecule has 0 aliphatic heterocycles. The summed E-state index contributed by atoms with van der Waals surface area (Å²) in [6.07, 6.45) is 4.94. The van der Waals surface area contributed by atoms with E-state index in [0.717, 1.165) is 23.1 Å². The summed E-state index contributed by atoms with van der Waals surface area (Å²) in [7, 11) is 0. The lowest BCUT2D eigenvalue weighted by Gasteiger charge is -2.20. The number of hydrogen-bond acceptors (Lipinski definition) is 4. The van der Waals surface area contributed by atoms with Gasteiger partial charge in [-0.15, -0.1) is 11.3 Å². The molecule has 2 aromatic heterocycles. The van der Waals surface area contributed by atoms with E-state index in [1.807, 2.05) is 49.6 Å². The predicted octanol–water partition coefficient (Wildman–Crippen LogP) is 5.41. The first-order valence-electron chi connectivity index (χ1n) is 9.47. The standard InChI is InChI=1S/C22H24N2O3S/c1-3-13-24(14-4-2)22(26)21-20(17-9-5-6-10-18(17)27-21)23-19(25)12-11-16-8-7-15-28-16/h5-12,15H,3-4,13-14H2,1-2H3,(H,23,25)/b12-11+. The zero-order valence-electron chi connectivity index (χ0n) is 16.1. The number of para-hydroxylation sites is 1. The van der Waals surface area contributed by atoms with Crippen LogP contribution in [0.5, 0.6) is 0 Å². The smallest absolute Gasteiger partial charge is 0.291 e. The highest BCUT2D eigenvalue weighted by atomic mass is 32.1. The van der Waals surface area contributed by atoms with Crippen molar-refractivity contribution in [2.45, 2.75) is 26.7 Å². The van der Waals surface area contributed by atoms with Gasteiger partial charge in [-0.25, -0.2) is 0 Å². The third-order valence-electron chi connectivity index (χ3n) is 4.25. The summed E-state index contributed by atoms with van der Waals surface area (Å²) < 4.78 is 5.86. The fraction of sp³-hybridized carbons (Fsp3) is 0.273. The fourth-order valence-electron chi connectivity index (χ4n) is 3.03. The number of benzene rings is 1. The number of nitrogens with zero attached hydrogens (tertiary/aromatic N) is 1. The van der Waals surface area contributed by atoms with Crippen LogP contribution in [0.15, 0.2) is 52.3 Å². The quantitative estimate of drug-likeness (QED) is 0.518. The van der Waals surface area contributed by atoms with Crippen molar-refractivity contribution in [3.8, 4) is 0 Å². The van der Waals surface area contributed by atoms with Crippen molar-refractivity contribution in [1.29, 1.82) is 0 Å². The molecule has 0 atom stereocenters. The van der Waals surface area contributed by atoms with Crippen LogP contribution in [0.1, 0.15) is 42.1 Å². The van der Waals surface area contributed by atoms with Crippen LogP contribution in [0.4, 0.5) is 5.69 Å². The lowest BCUT2D eigenvalue weighted by Crippen LogP contribution is -2.32. The molecule has 0 saturated carbocycles. The first kappa shape index (κ1) is 19.9. The highest BCUT2D eigenvalue weighted by Crippen LogP contribution is 2.32. The average Bonchev–Trinajstić information content (AvgIpc) is 3.34. The second-order valence-corrected chi connectivity index (χ2v) is 7.41. The number of fused-ring (bicyclic) bond motifs is 1. The summed E-state index contributed by atoms with van der Waals surface area (Å²) >= 11 is 1.55. The van der Waals surface area contributed by atoms with Crippen LogP contribution in [0, 0.1) is 0 Å². The summed E-state index contributed by atoms with van der Waals surface area (Å²) in [5.41, 5.74) is 1.01. The maximum atomic E-state index is 13.1. The van der Waals surface area contributed by atoms with E-state index in [9.17, 15) is 9.59 Å². The van der Waals surface area contributed by atoms with E-state index in [0.29, 0.717) is 24.4 Å². The Balaban J connectivity index is 1.92. The highest BCUT2D eigenvalue weighted by molar-refractivity contribution is 7.10. The lowest BCUT2D eigenvalue weighted by molar-refractivity contribution is -0.111. The molecular weight excluding hydrogens is 372 g/mol. The highest BCUT2D eigenvalue weighted by Gasteiger charge is 2.25. The van der Waals surface area contributed by atoms with Crippen LogP contribution < -0.4 is 5.32 Å². The Bertz CT molecular complexity index is 967. The van der Waals surface area contributed by atoms with Crippen molar-refractivity contribution in [3.05, 3.63) is 58.5 Å². The minimum atomic E-state index is -0.300. The van der Waals surface area contributed by atoms with Gasteiger partial charge in [-0.2, -0.15) is 0 Å². The Morgan fingerprint density at radius 1 is 1.11 bits per heavy atom. The number of hydrogen-bond donors (Lipinski definition) is 1. The number of rotatable bonds is 8. The molecule has 0 unspecified atom stereocenters. The molecule has 5 nitrogen and oxygen atoms in total. The maximum Gasteiger partial charge on any atom is 0.291 e. The molecule has 1 N–H and O–H groups in total. The average molecular weight is 397 g/mol. The molecule has 146 valence electrons. The predicted molar refractivity (Wildman–Crippen MR) is 115 cm³/mol. The molecule has 3 rings (SSSR count). The van der Waals surface area contributed by atoms with Crippen LogP contribution >= 0.6 is 11.3 Å². The van der Waals surface area contributed by atoms with Gasteiger partial charge in [0.05, 0.1) is 0 Å².